The number of benzene rings is 1. The number of rotatable bonds is 7. The molecule has 27 heavy (non-hydrogen) atoms. The molecule has 140 valence electrons. The van der Waals surface area contributed by atoms with Crippen molar-refractivity contribution >= 4 is 5.97 Å². The maximum atomic E-state index is 14.5. The number of pyridine rings is 1. The lowest BCUT2D eigenvalue weighted by atomic mass is 9.84. The van der Waals surface area contributed by atoms with Crippen LogP contribution in [-0.2, 0) is 9.53 Å². The monoisotopic (exact) mass is 369 g/mol. The van der Waals surface area contributed by atoms with Gasteiger partial charge in [-0.05, 0) is 37.1 Å². The van der Waals surface area contributed by atoms with Gasteiger partial charge in [0.05, 0.1) is 12.3 Å². The molecule has 2 aromatic rings. The number of alkyl halides is 2. The van der Waals surface area contributed by atoms with Crippen molar-refractivity contribution in [1.82, 2.24) is 4.98 Å². The van der Waals surface area contributed by atoms with Gasteiger partial charge in [-0.3, -0.25) is 4.98 Å². The fraction of sp³-hybridized carbons (Fsp3) is 0.273. The first-order valence-corrected chi connectivity index (χ1v) is 8.93. The Labute approximate surface area is 157 Å². The topological polar surface area (TPSA) is 39.2 Å². The molecule has 0 fully saturated rings. The predicted molar refractivity (Wildman–Crippen MR) is 100 cm³/mol. The number of ether oxygens (including phenoxy) is 1. The van der Waals surface area contributed by atoms with E-state index in [1.807, 2.05) is 60.7 Å². The summed E-state index contributed by atoms with van der Waals surface area (Å²) in [4.78, 5) is 16.0. The highest BCUT2D eigenvalue weighted by molar-refractivity contribution is 5.77. The molecule has 0 N–H and O–H groups in total. The average Bonchev–Trinajstić information content (AvgIpc) is 3.22. The van der Waals surface area contributed by atoms with E-state index in [4.69, 9.17) is 0 Å². The molecule has 0 bridgehead atoms. The molecule has 0 spiro atoms. The molecule has 1 aromatic carbocycles. The molecular weight excluding hydrogens is 348 g/mol. The van der Waals surface area contributed by atoms with E-state index >= 15 is 0 Å². The van der Waals surface area contributed by atoms with Crippen LogP contribution in [0.3, 0.4) is 0 Å². The van der Waals surface area contributed by atoms with Gasteiger partial charge in [-0.15, -0.1) is 0 Å². The van der Waals surface area contributed by atoms with Gasteiger partial charge in [0.2, 0.25) is 0 Å². The number of aromatic nitrogens is 1. The summed E-state index contributed by atoms with van der Waals surface area (Å²) in [5, 5.41) is 0. The first-order chi connectivity index (χ1) is 13.0. The standard InChI is InChI=1S/C22H21F2NO2/c1-2-27-21(26)22(23,24)15-19(16-8-3-4-9-16)17-10-7-11-18(14-17)20-12-5-6-13-25-20/h3-8,10-14,19H,2,9,15H2,1H3/t19-/m0/s1. The van der Waals surface area contributed by atoms with Crippen LogP contribution >= 0.6 is 0 Å². The first kappa shape index (κ1) is 19.0. The van der Waals surface area contributed by atoms with Crippen molar-refractivity contribution in [2.24, 2.45) is 0 Å². The maximum Gasteiger partial charge on any atom is 0.376 e. The fourth-order valence-electron chi connectivity index (χ4n) is 3.21. The lowest BCUT2D eigenvalue weighted by Gasteiger charge is -2.24. The Hall–Kier alpha value is -2.82. The third kappa shape index (κ3) is 4.48. The fourth-order valence-corrected chi connectivity index (χ4v) is 3.21. The van der Waals surface area contributed by atoms with Gasteiger partial charge >= 0.3 is 11.9 Å². The minimum absolute atomic E-state index is 0.0709. The third-order valence-corrected chi connectivity index (χ3v) is 4.53. The summed E-state index contributed by atoms with van der Waals surface area (Å²) in [6, 6.07) is 13.0. The number of allylic oxidation sites excluding steroid dienone is 4. The molecule has 0 unspecified atom stereocenters. The highest BCUT2D eigenvalue weighted by Gasteiger charge is 2.43. The van der Waals surface area contributed by atoms with Crippen molar-refractivity contribution in [3.05, 3.63) is 78.0 Å². The Morgan fingerprint density at radius 2 is 2.11 bits per heavy atom. The lowest BCUT2D eigenvalue weighted by molar-refractivity contribution is -0.172. The zero-order valence-corrected chi connectivity index (χ0v) is 15.1. The zero-order valence-electron chi connectivity index (χ0n) is 15.1. The molecule has 1 atom stereocenters. The van der Waals surface area contributed by atoms with Gasteiger partial charge in [-0.25, -0.2) is 4.79 Å². The van der Waals surface area contributed by atoms with Gasteiger partial charge < -0.3 is 4.74 Å². The zero-order chi connectivity index (χ0) is 19.3. The second-order valence-electron chi connectivity index (χ2n) is 6.40. The third-order valence-electron chi connectivity index (χ3n) is 4.53. The van der Waals surface area contributed by atoms with E-state index in [9.17, 15) is 13.6 Å². The summed E-state index contributed by atoms with van der Waals surface area (Å²) in [5.41, 5.74) is 3.21. The molecule has 1 heterocycles. The summed E-state index contributed by atoms with van der Waals surface area (Å²) in [6.45, 7) is 1.45. The van der Waals surface area contributed by atoms with Crippen molar-refractivity contribution in [3.8, 4) is 11.3 Å². The Balaban J connectivity index is 1.94. The van der Waals surface area contributed by atoms with Crippen LogP contribution in [0.15, 0.2) is 72.5 Å². The molecule has 0 saturated heterocycles. The smallest absolute Gasteiger partial charge is 0.376 e. The molecule has 0 aliphatic heterocycles. The predicted octanol–water partition coefficient (Wildman–Crippen LogP) is 5.31. The minimum Gasteiger partial charge on any atom is -0.462 e. The summed E-state index contributed by atoms with van der Waals surface area (Å²) in [7, 11) is 0. The van der Waals surface area contributed by atoms with Gasteiger partial charge in [0.25, 0.3) is 0 Å². The number of nitrogens with zero attached hydrogens (tertiary/aromatic N) is 1. The van der Waals surface area contributed by atoms with Crippen molar-refractivity contribution in [3.63, 3.8) is 0 Å². The van der Waals surface area contributed by atoms with E-state index in [0.717, 1.165) is 22.4 Å². The maximum absolute atomic E-state index is 14.5. The van der Waals surface area contributed by atoms with E-state index < -0.39 is 24.2 Å². The number of halogens is 2. The van der Waals surface area contributed by atoms with Gasteiger partial charge in [-0.1, -0.05) is 48.1 Å². The van der Waals surface area contributed by atoms with Crippen LogP contribution in [0.1, 0.15) is 31.2 Å². The minimum atomic E-state index is -3.55. The van der Waals surface area contributed by atoms with E-state index in [-0.39, 0.29) is 6.61 Å². The van der Waals surface area contributed by atoms with E-state index in [0.29, 0.717) is 6.42 Å². The largest absolute Gasteiger partial charge is 0.462 e. The molecule has 0 amide bonds. The van der Waals surface area contributed by atoms with Crippen molar-refractivity contribution in [2.45, 2.75) is 31.6 Å². The highest BCUT2D eigenvalue weighted by atomic mass is 19.3. The van der Waals surface area contributed by atoms with E-state index in [1.54, 1.807) is 6.20 Å². The quantitative estimate of drug-likeness (QED) is 0.621. The van der Waals surface area contributed by atoms with Crippen LogP contribution in [0.2, 0.25) is 0 Å². The second kappa shape index (κ2) is 8.25. The number of esters is 1. The van der Waals surface area contributed by atoms with Crippen LogP contribution in [-0.4, -0.2) is 23.5 Å². The lowest BCUT2D eigenvalue weighted by Crippen LogP contribution is -2.33. The van der Waals surface area contributed by atoms with Crippen LogP contribution in [0.25, 0.3) is 11.3 Å². The van der Waals surface area contributed by atoms with Crippen LogP contribution in [0, 0.1) is 0 Å². The Kier molecular flexibility index (Phi) is 5.79. The molecule has 1 aromatic heterocycles. The van der Waals surface area contributed by atoms with E-state index in [2.05, 4.69) is 9.72 Å². The summed E-state index contributed by atoms with van der Waals surface area (Å²) in [5.74, 6) is -5.60. The van der Waals surface area contributed by atoms with E-state index in [1.165, 1.54) is 6.92 Å². The molecule has 5 heteroatoms. The van der Waals surface area contributed by atoms with Gasteiger partial charge in [0.1, 0.15) is 0 Å². The molecule has 0 radical (unpaired) electrons. The molecule has 3 nitrogen and oxygen atoms in total. The van der Waals surface area contributed by atoms with Gasteiger partial charge in [0.15, 0.2) is 0 Å². The number of carbonyl (C=O) groups is 1. The van der Waals surface area contributed by atoms with Crippen LogP contribution in [0.5, 0.6) is 0 Å². The van der Waals surface area contributed by atoms with Crippen molar-refractivity contribution < 1.29 is 18.3 Å². The summed E-state index contributed by atoms with van der Waals surface area (Å²) >= 11 is 0. The number of carbonyl (C=O) groups excluding carboxylic acids is 1. The average molecular weight is 369 g/mol. The molecule has 1 aliphatic carbocycles. The summed E-state index contributed by atoms with van der Waals surface area (Å²) in [6.07, 6.45) is 7.29. The normalized spacial score (nSPS) is 14.7. The van der Waals surface area contributed by atoms with Crippen molar-refractivity contribution in [2.75, 3.05) is 6.61 Å². The molecule has 1 aliphatic rings. The highest BCUT2D eigenvalue weighted by Crippen LogP contribution is 2.39. The van der Waals surface area contributed by atoms with Gasteiger partial charge in [-0.2, -0.15) is 8.78 Å². The van der Waals surface area contributed by atoms with Crippen molar-refractivity contribution in [1.29, 1.82) is 0 Å². The SMILES string of the molecule is CCOC(=O)C(F)(F)C[C@@H](C1=CC=CC1)c1cccc(-c2ccccn2)c1. The molecular formula is C22H21F2NO2. The van der Waals surface area contributed by atoms with Gasteiger partial charge in [0, 0.05) is 24.1 Å². The second-order valence-corrected chi connectivity index (χ2v) is 6.40. The number of hydrogen-bond acceptors (Lipinski definition) is 3. The Morgan fingerprint density at radius 3 is 2.78 bits per heavy atom. The van der Waals surface area contributed by atoms with Crippen LogP contribution < -0.4 is 0 Å². The van der Waals surface area contributed by atoms with Crippen LogP contribution in [0.4, 0.5) is 8.78 Å². The first-order valence-electron chi connectivity index (χ1n) is 8.93. The molecule has 0 saturated carbocycles. The Bertz CT molecular complexity index is 860. The summed E-state index contributed by atoms with van der Waals surface area (Å²) < 4.78 is 33.5. The number of hydrogen-bond donors (Lipinski definition) is 0. The molecule has 3 rings (SSSR count). The Morgan fingerprint density at radius 1 is 1.26 bits per heavy atom.